The number of ether oxygens (including phenoxy) is 1. The van der Waals surface area contributed by atoms with E-state index < -0.39 is 11.8 Å². The number of esters is 1. The molecule has 0 atom stereocenters. The van der Waals surface area contributed by atoms with Gasteiger partial charge in [0.25, 0.3) is 5.78 Å². The molecule has 0 saturated carbocycles. The van der Waals surface area contributed by atoms with E-state index in [1.165, 1.54) is 6.08 Å². The van der Waals surface area contributed by atoms with E-state index in [4.69, 9.17) is 23.2 Å². The Bertz CT molecular complexity index is 453. The van der Waals surface area contributed by atoms with Gasteiger partial charge in [-0.2, -0.15) is 0 Å². The fourth-order valence-electron chi connectivity index (χ4n) is 0.957. The van der Waals surface area contributed by atoms with Crippen LogP contribution < -0.4 is 0 Å². The Morgan fingerprint density at radius 1 is 1.25 bits per heavy atom. The fraction of sp³-hybridized carbons (Fsp3) is 0.0909. The van der Waals surface area contributed by atoms with E-state index in [9.17, 15) is 9.59 Å². The Labute approximate surface area is 103 Å². The highest BCUT2D eigenvalue weighted by atomic mass is 35.5. The molecule has 1 aromatic rings. The van der Waals surface area contributed by atoms with Gasteiger partial charge in [0.15, 0.2) is 0 Å². The Hall–Kier alpha value is -1.32. The maximum atomic E-state index is 11.1. The van der Waals surface area contributed by atoms with E-state index in [1.807, 2.05) is 0 Å². The largest absolute Gasteiger partial charge is 0.463 e. The number of carbonyl (C=O) groups is 2. The van der Waals surface area contributed by atoms with Crippen molar-refractivity contribution in [3.63, 3.8) is 0 Å². The van der Waals surface area contributed by atoms with Crippen LogP contribution in [0.4, 0.5) is 0 Å². The Morgan fingerprint density at radius 3 is 2.50 bits per heavy atom. The lowest BCUT2D eigenvalue weighted by Gasteiger charge is -1.97. The lowest BCUT2D eigenvalue weighted by atomic mass is 10.2. The SMILES string of the molecule is COC(=O)C(=O)/C=C/c1ccc(Cl)c(Cl)c1. The second-order valence-corrected chi connectivity index (χ2v) is 3.68. The van der Waals surface area contributed by atoms with Gasteiger partial charge in [-0.3, -0.25) is 4.79 Å². The molecule has 84 valence electrons. The van der Waals surface area contributed by atoms with Gasteiger partial charge < -0.3 is 4.74 Å². The molecule has 0 spiro atoms. The third-order valence-electron chi connectivity index (χ3n) is 1.76. The van der Waals surface area contributed by atoms with Crippen molar-refractivity contribution in [3.8, 4) is 0 Å². The van der Waals surface area contributed by atoms with Crippen LogP contribution in [0, 0.1) is 0 Å². The molecule has 0 aliphatic rings. The molecule has 0 N–H and O–H groups in total. The van der Waals surface area contributed by atoms with Crippen LogP contribution in [0.3, 0.4) is 0 Å². The molecule has 3 nitrogen and oxygen atoms in total. The number of hydrogen-bond acceptors (Lipinski definition) is 3. The summed E-state index contributed by atoms with van der Waals surface area (Å²) < 4.78 is 4.26. The van der Waals surface area contributed by atoms with Crippen molar-refractivity contribution >= 4 is 41.0 Å². The molecule has 0 fully saturated rings. The average molecular weight is 259 g/mol. The van der Waals surface area contributed by atoms with E-state index >= 15 is 0 Å². The van der Waals surface area contributed by atoms with Crippen molar-refractivity contribution in [1.82, 2.24) is 0 Å². The second kappa shape index (κ2) is 5.68. The average Bonchev–Trinajstić information content (AvgIpc) is 2.29. The molecule has 0 aliphatic carbocycles. The third kappa shape index (κ3) is 3.36. The van der Waals surface area contributed by atoms with E-state index in [2.05, 4.69) is 4.74 Å². The molecule has 0 aliphatic heterocycles. The van der Waals surface area contributed by atoms with E-state index in [0.717, 1.165) is 13.2 Å². The molecule has 0 heterocycles. The topological polar surface area (TPSA) is 43.4 Å². The summed E-state index contributed by atoms with van der Waals surface area (Å²) in [6.45, 7) is 0. The van der Waals surface area contributed by atoms with Crippen molar-refractivity contribution in [2.24, 2.45) is 0 Å². The minimum Gasteiger partial charge on any atom is -0.463 e. The highest BCUT2D eigenvalue weighted by Crippen LogP contribution is 2.23. The molecule has 5 heteroatoms. The molecule has 0 aromatic heterocycles. The summed E-state index contributed by atoms with van der Waals surface area (Å²) in [7, 11) is 1.15. The second-order valence-electron chi connectivity index (χ2n) is 2.86. The molecule has 0 radical (unpaired) electrons. The molecule has 16 heavy (non-hydrogen) atoms. The van der Waals surface area contributed by atoms with Gasteiger partial charge in [-0.25, -0.2) is 4.79 Å². The number of methoxy groups -OCH3 is 1. The quantitative estimate of drug-likeness (QED) is 0.476. The summed E-state index contributed by atoms with van der Waals surface area (Å²) in [5.41, 5.74) is 0.673. The van der Waals surface area contributed by atoms with Crippen LogP contribution >= 0.6 is 23.2 Å². The van der Waals surface area contributed by atoms with Crippen LogP contribution in [0.15, 0.2) is 24.3 Å². The standard InChI is InChI=1S/C11H8Cl2O3/c1-16-11(15)10(14)5-3-7-2-4-8(12)9(13)6-7/h2-6H,1H3/b5-3+. The van der Waals surface area contributed by atoms with Crippen molar-refractivity contribution in [2.75, 3.05) is 7.11 Å². The van der Waals surface area contributed by atoms with E-state index in [1.54, 1.807) is 18.2 Å². The highest BCUT2D eigenvalue weighted by molar-refractivity contribution is 6.42. The summed E-state index contributed by atoms with van der Waals surface area (Å²) in [6.07, 6.45) is 2.58. The van der Waals surface area contributed by atoms with E-state index in [0.29, 0.717) is 15.6 Å². The first kappa shape index (κ1) is 12.7. The summed E-state index contributed by atoms with van der Waals surface area (Å²) >= 11 is 11.5. The van der Waals surface area contributed by atoms with Gasteiger partial charge in [0.2, 0.25) is 0 Å². The molecule has 0 unspecified atom stereocenters. The van der Waals surface area contributed by atoms with Gasteiger partial charge in [-0.05, 0) is 23.8 Å². The molecule has 0 saturated heterocycles. The zero-order chi connectivity index (χ0) is 12.1. The summed E-state index contributed by atoms with van der Waals surface area (Å²) in [5, 5.41) is 0.812. The van der Waals surface area contributed by atoms with Crippen molar-refractivity contribution < 1.29 is 14.3 Å². The number of halogens is 2. The lowest BCUT2D eigenvalue weighted by molar-refractivity contribution is -0.149. The minimum atomic E-state index is -0.906. The zero-order valence-electron chi connectivity index (χ0n) is 8.37. The smallest absolute Gasteiger partial charge is 0.378 e. The molecule has 1 aromatic carbocycles. The monoisotopic (exact) mass is 258 g/mol. The van der Waals surface area contributed by atoms with Gasteiger partial charge in [0.05, 0.1) is 17.2 Å². The van der Waals surface area contributed by atoms with Crippen molar-refractivity contribution in [3.05, 3.63) is 39.9 Å². The van der Waals surface area contributed by atoms with Gasteiger partial charge in [0.1, 0.15) is 0 Å². The molecule has 0 bridgehead atoms. The summed E-state index contributed by atoms with van der Waals surface area (Å²) in [5.74, 6) is -1.63. The van der Waals surface area contributed by atoms with Crippen LogP contribution in [-0.4, -0.2) is 18.9 Å². The predicted molar refractivity (Wildman–Crippen MR) is 62.5 cm³/mol. The number of benzene rings is 1. The van der Waals surface area contributed by atoms with Gasteiger partial charge in [-0.15, -0.1) is 0 Å². The first-order chi connectivity index (χ1) is 7.54. The fourth-order valence-corrected chi connectivity index (χ4v) is 1.26. The number of ketones is 1. The molecule has 1 rings (SSSR count). The first-order valence-corrected chi connectivity index (χ1v) is 5.05. The van der Waals surface area contributed by atoms with Gasteiger partial charge in [-0.1, -0.05) is 35.3 Å². The Balaban J connectivity index is 2.81. The number of hydrogen-bond donors (Lipinski definition) is 0. The molecular weight excluding hydrogens is 251 g/mol. The van der Waals surface area contributed by atoms with E-state index in [-0.39, 0.29) is 0 Å². The predicted octanol–water partition coefficient (Wildman–Crippen LogP) is 2.75. The number of carbonyl (C=O) groups excluding carboxylic acids is 2. The highest BCUT2D eigenvalue weighted by Gasteiger charge is 2.08. The number of rotatable bonds is 3. The first-order valence-electron chi connectivity index (χ1n) is 4.30. The Kier molecular flexibility index (Phi) is 4.52. The zero-order valence-corrected chi connectivity index (χ0v) is 9.88. The summed E-state index contributed by atoms with van der Waals surface area (Å²) in [4.78, 5) is 21.9. The minimum absolute atomic E-state index is 0.384. The maximum Gasteiger partial charge on any atom is 0.378 e. The van der Waals surface area contributed by atoms with Crippen LogP contribution in [0.1, 0.15) is 5.56 Å². The summed E-state index contributed by atoms with van der Waals surface area (Å²) in [6, 6.07) is 4.87. The normalized spacial score (nSPS) is 10.4. The lowest BCUT2D eigenvalue weighted by Crippen LogP contribution is -2.12. The molecule has 0 amide bonds. The van der Waals surface area contributed by atoms with Gasteiger partial charge in [0, 0.05) is 0 Å². The van der Waals surface area contributed by atoms with Crippen LogP contribution in [0.2, 0.25) is 10.0 Å². The third-order valence-corrected chi connectivity index (χ3v) is 2.50. The van der Waals surface area contributed by atoms with Crippen molar-refractivity contribution in [1.29, 1.82) is 0 Å². The maximum absolute atomic E-state index is 11.1. The van der Waals surface area contributed by atoms with Gasteiger partial charge >= 0.3 is 5.97 Å². The molecular formula is C11H8Cl2O3. The van der Waals surface area contributed by atoms with Crippen LogP contribution in [0.5, 0.6) is 0 Å². The van der Waals surface area contributed by atoms with Crippen molar-refractivity contribution in [2.45, 2.75) is 0 Å². The van der Waals surface area contributed by atoms with Crippen LogP contribution in [-0.2, 0) is 14.3 Å². The van der Waals surface area contributed by atoms with Crippen LogP contribution in [0.25, 0.3) is 6.08 Å². The Morgan fingerprint density at radius 2 is 1.94 bits per heavy atom.